The Morgan fingerprint density at radius 2 is 2.04 bits per heavy atom. The lowest BCUT2D eigenvalue weighted by molar-refractivity contribution is -0.120. The summed E-state index contributed by atoms with van der Waals surface area (Å²) in [5.74, 6) is -0.787. The Morgan fingerprint density at radius 1 is 1.22 bits per heavy atom. The van der Waals surface area contributed by atoms with E-state index in [-0.39, 0.29) is 23.1 Å². The van der Waals surface area contributed by atoms with Gasteiger partial charge in [-0.2, -0.15) is 4.31 Å². The van der Waals surface area contributed by atoms with Gasteiger partial charge in [-0.3, -0.25) is 14.6 Å². The molecule has 0 spiro atoms. The molecule has 0 saturated carbocycles. The first-order valence-corrected chi connectivity index (χ1v) is 10.1. The van der Waals surface area contributed by atoms with Crippen molar-refractivity contribution in [2.24, 2.45) is 5.92 Å². The minimum Gasteiger partial charge on any atom is -0.326 e. The zero-order valence-corrected chi connectivity index (χ0v) is 15.8. The van der Waals surface area contributed by atoms with Crippen LogP contribution >= 0.6 is 0 Å². The van der Waals surface area contributed by atoms with Gasteiger partial charge in [-0.25, -0.2) is 8.42 Å². The molecule has 0 radical (unpaired) electrons. The van der Waals surface area contributed by atoms with Crippen LogP contribution in [0.4, 0.5) is 5.69 Å². The van der Waals surface area contributed by atoms with Crippen molar-refractivity contribution in [2.45, 2.75) is 24.7 Å². The second kappa shape index (κ2) is 7.98. The van der Waals surface area contributed by atoms with Gasteiger partial charge in [-0.1, -0.05) is 12.1 Å². The van der Waals surface area contributed by atoms with Crippen molar-refractivity contribution in [1.82, 2.24) is 9.29 Å². The second-order valence-electron chi connectivity index (χ2n) is 6.52. The first kappa shape index (κ1) is 19.2. The highest BCUT2D eigenvalue weighted by Crippen LogP contribution is 2.24. The SMILES string of the molecule is CC(=O)c1cccc(NC(=O)C2CCCN(S(=O)(=O)c3cccnc3)C2)c1. The van der Waals surface area contributed by atoms with Gasteiger partial charge in [0.15, 0.2) is 5.78 Å². The number of pyridine rings is 1. The highest BCUT2D eigenvalue weighted by atomic mass is 32.2. The first-order valence-electron chi connectivity index (χ1n) is 8.70. The Bertz CT molecular complexity index is 944. The van der Waals surface area contributed by atoms with E-state index in [1.165, 1.54) is 29.7 Å². The maximum atomic E-state index is 12.8. The van der Waals surface area contributed by atoms with Crippen LogP contribution in [0.5, 0.6) is 0 Å². The number of hydrogen-bond acceptors (Lipinski definition) is 5. The molecule has 1 fully saturated rings. The summed E-state index contributed by atoms with van der Waals surface area (Å²) in [6.07, 6.45) is 4.04. The van der Waals surface area contributed by atoms with Crippen LogP contribution in [0.3, 0.4) is 0 Å². The summed E-state index contributed by atoms with van der Waals surface area (Å²) in [5.41, 5.74) is 1.04. The number of aromatic nitrogens is 1. The lowest BCUT2D eigenvalue weighted by atomic mass is 9.98. The fourth-order valence-electron chi connectivity index (χ4n) is 3.08. The summed E-state index contributed by atoms with van der Waals surface area (Å²) >= 11 is 0. The fourth-order valence-corrected chi connectivity index (χ4v) is 4.57. The zero-order chi connectivity index (χ0) is 19.4. The lowest BCUT2D eigenvalue weighted by Gasteiger charge is -2.31. The van der Waals surface area contributed by atoms with Crippen LogP contribution in [-0.4, -0.2) is 42.5 Å². The molecular formula is C19H21N3O4S. The van der Waals surface area contributed by atoms with Gasteiger partial charge in [0.2, 0.25) is 15.9 Å². The largest absolute Gasteiger partial charge is 0.326 e. The maximum Gasteiger partial charge on any atom is 0.244 e. The topological polar surface area (TPSA) is 96.4 Å². The van der Waals surface area contributed by atoms with E-state index < -0.39 is 15.9 Å². The predicted octanol–water partition coefficient (Wildman–Crippen LogP) is 2.32. The Balaban J connectivity index is 1.72. The van der Waals surface area contributed by atoms with E-state index in [9.17, 15) is 18.0 Å². The lowest BCUT2D eigenvalue weighted by Crippen LogP contribution is -2.43. The van der Waals surface area contributed by atoms with E-state index in [0.29, 0.717) is 30.6 Å². The normalized spacial score (nSPS) is 18.0. The van der Waals surface area contributed by atoms with Crippen molar-refractivity contribution in [3.05, 3.63) is 54.4 Å². The van der Waals surface area contributed by atoms with E-state index >= 15 is 0 Å². The van der Waals surface area contributed by atoms with Gasteiger partial charge in [-0.15, -0.1) is 0 Å². The number of sulfonamides is 1. The third-order valence-corrected chi connectivity index (χ3v) is 6.41. The molecule has 1 aliphatic heterocycles. The smallest absolute Gasteiger partial charge is 0.244 e. The summed E-state index contributed by atoms with van der Waals surface area (Å²) in [4.78, 5) is 28.1. The van der Waals surface area contributed by atoms with Gasteiger partial charge in [-0.05, 0) is 44.0 Å². The molecule has 142 valence electrons. The van der Waals surface area contributed by atoms with Gasteiger partial charge in [0.05, 0.1) is 5.92 Å². The van der Waals surface area contributed by atoms with Crippen LogP contribution < -0.4 is 5.32 Å². The molecule has 0 bridgehead atoms. The van der Waals surface area contributed by atoms with Crippen molar-refractivity contribution in [1.29, 1.82) is 0 Å². The minimum atomic E-state index is -3.67. The average Bonchev–Trinajstić information content (AvgIpc) is 2.69. The Labute approximate surface area is 158 Å². The molecule has 1 atom stereocenters. The average molecular weight is 387 g/mol. The van der Waals surface area contributed by atoms with Crippen LogP contribution in [-0.2, 0) is 14.8 Å². The van der Waals surface area contributed by atoms with E-state index in [1.54, 1.807) is 30.3 Å². The van der Waals surface area contributed by atoms with Crippen LogP contribution in [0.15, 0.2) is 53.7 Å². The van der Waals surface area contributed by atoms with Gasteiger partial charge in [0, 0.05) is 36.7 Å². The summed E-state index contributed by atoms with van der Waals surface area (Å²) in [7, 11) is -3.67. The van der Waals surface area contributed by atoms with Crippen molar-refractivity contribution in [3.63, 3.8) is 0 Å². The summed E-state index contributed by atoms with van der Waals surface area (Å²) in [6, 6.07) is 9.78. The third-order valence-electron chi connectivity index (χ3n) is 4.56. The third kappa shape index (κ3) is 4.40. The number of hydrogen-bond donors (Lipinski definition) is 1. The van der Waals surface area contributed by atoms with Crippen LogP contribution in [0, 0.1) is 5.92 Å². The molecule has 3 rings (SSSR count). The maximum absolute atomic E-state index is 12.8. The molecular weight excluding hydrogens is 366 g/mol. The van der Waals surface area contributed by atoms with E-state index in [0.717, 1.165) is 0 Å². The number of piperidine rings is 1. The molecule has 1 aromatic carbocycles. The fraction of sp³-hybridized carbons (Fsp3) is 0.316. The molecule has 1 amide bonds. The summed E-state index contributed by atoms with van der Waals surface area (Å²) in [5, 5.41) is 2.79. The monoisotopic (exact) mass is 387 g/mol. The minimum absolute atomic E-state index is 0.0856. The van der Waals surface area contributed by atoms with Crippen molar-refractivity contribution in [2.75, 3.05) is 18.4 Å². The van der Waals surface area contributed by atoms with Gasteiger partial charge < -0.3 is 5.32 Å². The standard InChI is InChI=1S/C19H21N3O4S/c1-14(23)15-5-2-7-17(11-15)21-19(24)16-6-4-10-22(13-16)27(25,26)18-8-3-9-20-12-18/h2-3,5,7-9,11-12,16H,4,6,10,13H2,1H3,(H,21,24). The number of ketones is 1. The quantitative estimate of drug-likeness (QED) is 0.794. The van der Waals surface area contributed by atoms with E-state index in [1.807, 2.05) is 0 Å². The number of nitrogens with one attached hydrogen (secondary N) is 1. The summed E-state index contributed by atoms with van der Waals surface area (Å²) in [6.45, 7) is 1.96. The van der Waals surface area contributed by atoms with E-state index in [4.69, 9.17) is 0 Å². The molecule has 1 unspecified atom stereocenters. The molecule has 27 heavy (non-hydrogen) atoms. The molecule has 1 aromatic heterocycles. The van der Waals surface area contributed by atoms with Gasteiger partial charge >= 0.3 is 0 Å². The highest BCUT2D eigenvalue weighted by molar-refractivity contribution is 7.89. The van der Waals surface area contributed by atoms with E-state index in [2.05, 4.69) is 10.3 Å². The Hall–Kier alpha value is -2.58. The molecule has 1 saturated heterocycles. The number of amides is 1. The molecule has 1 N–H and O–H groups in total. The summed E-state index contributed by atoms with van der Waals surface area (Å²) < 4.78 is 26.8. The Morgan fingerprint density at radius 3 is 2.74 bits per heavy atom. The molecule has 8 heteroatoms. The number of benzene rings is 1. The van der Waals surface area contributed by atoms with Crippen LogP contribution in [0.1, 0.15) is 30.1 Å². The van der Waals surface area contributed by atoms with Crippen LogP contribution in [0.25, 0.3) is 0 Å². The molecule has 7 nitrogen and oxygen atoms in total. The van der Waals surface area contributed by atoms with Crippen molar-refractivity contribution >= 4 is 27.4 Å². The highest BCUT2D eigenvalue weighted by Gasteiger charge is 2.33. The van der Waals surface area contributed by atoms with Crippen molar-refractivity contribution < 1.29 is 18.0 Å². The molecule has 1 aliphatic rings. The molecule has 2 heterocycles. The molecule has 0 aliphatic carbocycles. The van der Waals surface area contributed by atoms with Gasteiger partial charge in [0.1, 0.15) is 4.90 Å². The zero-order valence-electron chi connectivity index (χ0n) is 15.0. The Kier molecular flexibility index (Phi) is 5.67. The van der Waals surface area contributed by atoms with Gasteiger partial charge in [0.25, 0.3) is 0 Å². The number of anilines is 1. The molecule has 2 aromatic rings. The second-order valence-corrected chi connectivity index (χ2v) is 8.46. The predicted molar refractivity (Wildman–Crippen MR) is 101 cm³/mol. The number of Topliss-reactive ketones (excluding diaryl/α,β-unsaturated/α-hetero) is 1. The van der Waals surface area contributed by atoms with Crippen molar-refractivity contribution in [3.8, 4) is 0 Å². The first-order chi connectivity index (χ1) is 12.9. The number of rotatable bonds is 5. The number of nitrogens with zero attached hydrogens (tertiary/aromatic N) is 2. The number of carbonyl (C=O) groups is 2. The van der Waals surface area contributed by atoms with Crippen LogP contribution in [0.2, 0.25) is 0 Å². The number of carbonyl (C=O) groups excluding carboxylic acids is 2.